The standard InChI is InChI=1S/C33H30N2O8S/c1-5-42-32(39)28-19(2)34-33-35(29(28)22-10-12-24(40-3)13-11-22)30(36)27(44-33)17-20-9-14-25(26(16-20)41-4)43-18-21-7-6-8-23(15-21)31(37)38/h6-17,29H,5,18H2,1-4H3,(H,37,38)/b27-17-/t29-/m1/s1. The van der Waals surface area contributed by atoms with E-state index in [2.05, 4.69) is 4.99 Å². The summed E-state index contributed by atoms with van der Waals surface area (Å²) >= 11 is 1.22. The number of nitrogens with zero attached hydrogens (tertiary/aromatic N) is 2. The van der Waals surface area contributed by atoms with Crippen molar-refractivity contribution < 1.29 is 33.6 Å². The molecule has 1 aromatic heterocycles. The molecule has 0 amide bonds. The molecule has 0 unspecified atom stereocenters. The number of methoxy groups -OCH3 is 2. The second-order valence-electron chi connectivity index (χ2n) is 9.78. The average Bonchev–Trinajstić information content (AvgIpc) is 3.33. The molecule has 1 aliphatic heterocycles. The number of carbonyl (C=O) groups is 2. The molecule has 0 spiro atoms. The minimum absolute atomic E-state index is 0.142. The van der Waals surface area contributed by atoms with Gasteiger partial charge in [-0.2, -0.15) is 0 Å². The van der Waals surface area contributed by atoms with Gasteiger partial charge in [0.05, 0.1) is 48.2 Å². The van der Waals surface area contributed by atoms with Crippen molar-refractivity contribution in [3.05, 3.63) is 120 Å². The fourth-order valence-corrected chi connectivity index (χ4v) is 5.94. The Kier molecular flexibility index (Phi) is 8.96. The summed E-state index contributed by atoms with van der Waals surface area (Å²) < 4.78 is 24.1. The van der Waals surface area contributed by atoms with Gasteiger partial charge in [0, 0.05) is 0 Å². The normalized spacial score (nSPS) is 14.5. The highest BCUT2D eigenvalue weighted by molar-refractivity contribution is 7.07. The van der Waals surface area contributed by atoms with E-state index in [0.29, 0.717) is 54.5 Å². The van der Waals surface area contributed by atoms with Gasteiger partial charge in [-0.15, -0.1) is 0 Å². The molecule has 1 N–H and O–H groups in total. The number of hydrogen-bond acceptors (Lipinski definition) is 9. The van der Waals surface area contributed by atoms with Crippen LogP contribution in [-0.2, 0) is 16.1 Å². The van der Waals surface area contributed by atoms with E-state index in [-0.39, 0.29) is 24.3 Å². The fraction of sp³-hybridized carbons (Fsp3) is 0.212. The van der Waals surface area contributed by atoms with E-state index in [0.717, 1.165) is 0 Å². The lowest BCUT2D eigenvalue weighted by molar-refractivity contribution is -0.139. The van der Waals surface area contributed by atoms with Crippen LogP contribution in [0.25, 0.3) is 6.08 Å². The third-order valence-corrected chi connectivity index (χ3v) is 7.99. The number of hydrogen-bond donors (Lipinski definition) is 1. The summed E-state index contributed by atoms with van der Waals surface area (Å²) in [4.78, 5) is 43.4. The SMILES string of the molecule is CCOC(=O)C1=C(C)N=c2s/c(=C\c3ccc(OCc4cccc(C(=O)O)c4)c(OC)c3)c(=O)n2[C@@H]1c1ccc(OC)cc1. The van der Waals surface area contributed by atoms with Gasteiger partial charge in [-0.1, -0.05) is 41.7 Å². The molecule has 4 aromatic rings. The van der Waals surface area contributed by atoms with Gasteiger partial charge in [-0.3, -0.25) is 9.36 Å². The van der Waals surface area contributed by atoms with Crippen LogP contribution in [0.15, 0.2) is 87.8 Å². The van der Waals surface area contributed by atoms with E-state index < -0.39 is 18.0 Å². The number of carboxylic acid groups (broad SMARTS) is 1. The molecular formula is C33H30N2O8S. The summed E-state index contributed by atoms with van der Waals surface area (Å²) in [5.74, 6) is 0.00808. The van der Waals surface area contributed by atoms with E-state index in [1.54, 1.807) is 75.6 Å². The molecule has 2 heterocycles. The Hall–Kier alpha value is -5.16. The first-order valence-electron chi connectivity index (χ1n) is 13.7. The summed E-state index contributed by atoms with van der Waals surface area (Å²) in [7, 11) is 3.08. The zero-order chi connectivity index (χ0) is 31.4. The monoisotopic (exact) mass is 614 g/mol. The van der Waals surface area contributed by atoms with E-state index in [1.807, 2.05) is 12.1 Å². The van der Waals surface area contributed by atoms with Gasteiger partial charge < -0.3 is 24.1 Å². The molecule has 0 bridgehead atoms. The smallest absolute Gasteiger partial charge is 0.338 e. The first-order valence-corrected chi connectivity index (χ1v) is 14.5. The molecule has 0 radical (unpaired) electrons. The number of thiazole rings is 1. The van der Waals surface area contributed by atoms with Crippen LogP contribution < -0.4 is 29.1 Å². The van der Waals surface area contributed by atoms with Crippen LogP contribution in [0.2, 0.25) is 0 Å². The van der Waals surface area contributed by atoms with Crippen molar-refractivity contribution in [3.63, 3.8) is 0 Å². The first-order chi connectivity index (χ1) is 21.2. The van der Waals surface area contributed by atoms with Crippen molar-refractivity contribution in [1.82, 2.24) is 4.57 Å². The van der Waals surface area contributed by atoms with Crippen LogP contribution in [0.1, 0.15) is 46.9 Å². The molecule has 0 fully saturated rings. The summed E-state index contributed by atoms with van der Waals surface area (Å²) in [6.07, 6.45) is 1.74. The lowest BCUT2D eigenvalue weighted by Gasteiger charge is -2.24. The van der Waals surface area contributed by atoms with Crippen LogP contribution in [0.3, 0.4) is 0 Å². The molecule has 11 heteroatoms. The molecule has 226 valence electrons. The highest BCUT2D eigenvalue weighted by Gasteiger charge is 2.33. The molecule has 1 atom stereocenters. The lowest BCUT2D eigenvalue weighted by Crippen LogP contribution is -2.39. The van der Waals surface area contributed by atoms with Crippen molar-refractivity contribution in [2.24, 2.45) is 4.99 Å². The fourth-order valence-electron chi connectivity index (χ4n) is 4.89. The van der Waals surface area contributed by atoms with Gasteiger partial charge in [0.15, 0.2) is 16.3 Å². The second-order valence-corrected chi connectivity index (χ2v) is 10.8. The maximum Gasteiger partial charge on any atom is 0.338 e. The number of allylic oxidation sites excluding steroid dienone is 1. The third-order valence-electron chi connectivity index (χ3n) is 7.00. The average molecular weight is 615 g/mol. The van der Waals surface area contributed by atoms with Gasteiger partial charge >= 0.3 is 11.9 Å². The third kappa shape index (κ3) is 6.13. The molecule has 0 aliphatic carbocycles. The zero-order valence-corrected chi connectivity index (χ0v) is 25.3. The van der Waals surface area contributed by atoms with Gasteiger partial charge in [0.1, 0.15) is 12.4 Å². The van der Waals surface area contributed by atoms with Crippen molar-refractivity contribution in [3.8, 4) is 17.2 Å². The van der Waals surface area contributed by atoms with E-state index in [4.69, 9.17) is 18.9 Å². The van der Waals surface area contributed by atoms with Crippen LogP contribution in [0.5, 0.6) is 17.2 Å². The van der Waals surface area contributed by atoms with Crippen LogP contribution >= 0.6 is 11.3 Å². The molecule has 0 saturated heterocycles. The highest BCUT2D eigenvalue weighted by atomic mass is 32.1. The molecule has 3 aromatic carbocycles. The number of rotatable bonds is 10. The maximum atomic E-state index is 13.9. The Bertz CT molecular complexity index is 1940. The first kappa shape index (κ1) is 30.3. The predicted octanol–water partition coefficient (Wildman–Crippen LogP) is 4.09. The van der Waals surface area contributed by atoms with Crippen LogP contribution in [0.4, 0.5) is 0 Å². The largest absolute Gasteiger partial charge is 0.497 e. The highest BCUT2D eigenvalue weighted by Crippen LogP contribution is 2.32. The quantitative estimate of drug-likeness (QED) is 0.265. The zero-order valence-electron chi connectivity index (χ0n) is 24.5. The number of aromatic carboxylic acids is 1. The van der Waals surface area contributed by atoms with Crippen LogP contribution in [0, 0.1) is 0 Å². The van der Waals surface area contributed by atoms with Gasteiger partial charge in [-0.05, 0) is 73.0 Å². The van der Waals surface area contributed by atoms with Gasteiger partial charge in [-0.25, -0.2) is 14.6 Å². The van der Waals surface area contributed by atoms with E-state index >= 15 is 0 Å². The van der Waals surface area contributed by atoms with Gasteiger partial charge in [0.25, 0.3) is 5.56 Å². The summed E-state index contributed by atoms with van der Waals surface area (Å²) in [6.45, 7) is 3.79. The number of carbonyl (C=O) groups excluding carboxylic acids is 1. The summed E-state index contributed by atoms with van der Waals surface area (Å²) in [5, 5.41) is 9.24. The van der Waals surface area contributed by atoms with Crippen molar-refractivity contribution in [2.45, 2.75) is 26.5 Å². The molecule has 5 rings (SSSR count). The summed E-state index contributed by atoms with van der Waals surface area (Å²) in [6, 6.07) is 18.2. The Labute approximate surface area is 256 Å². The molecule has 1 aliphatic rings. The Balaban J connectivity index is 1.51. The molecular weight excluding hydrogens is 584 g/mol. The number of ether oxygens (including phenoxy) is 4. The van der Waals surface area contributed by atoms with E-state index in [1.165, 1.54) is 29.1 Å². The Morgan fingerprint density at radius 2 is 1.80 bits per heavy atom. The minimum Gasteiger partial charge on any atom is -0.497 e. The molecule has 44 heavy (non-hydrogen) atoms. The van der Waals surface area contributed by atoms with Gasteiger partial charge in [0.2, 0.25) is 0 Å². The van der Waals surface area contributed by atoms with Crippen LogP contribution in [-0.4, -0.2) is 42.4 Å². The Morgan fingerprint density at radius 1 is 1.02 bits per heavy atom. The number of benzene rings is 3. The number of esters is 1. The number of carboxylic acids is 1. The summed E-state index contributed by atoms with van der Waals surface area (Å²) in [5.41, 5.74) is 2.75. The van der Waals surface area contributed by atoms with Crippen molar-refractivity contribution >= 4 is 29.4 Å². The molecule has 0 saturated carbocycles. The topological polar surface area (TPSA) is 126 Å². The second kappa shape index (κ2) is 13.0. The van der Waals surface area contributed by atoms with Crippen molar-refractivity contribution in [2.75, 3.05) is 20.8 Å². The lowest BCUT2D eigenvalue weighted by atomic mass is 9.96. The Morgan fingerprint density at radius 3 is 2.48 bits per heavy atom. The number of fused-ring (bicyclic) bond motifs is 1. The number of aromatic nitrogens is 1. The maximum absolute atomic E-state index is 13.9. The molecule has 10 nitrogen and oxygen atoms in total. The van der Waals surface area contributed by atoms with Crippen molar-refractivity contribution in [1.29, 1.82) is 0 Å². The predicted molar refractivity (Wildman–Crippen MR) is 164 cm³/mol. The minimum atomic E-state index is -1.01. The van der Waals surface area contributed by atoms with E-state index in [9.17, 15) is 19.5 Å².